The highest BCUT2D eigenvalue weighted by Gasteiger charge is 2.11. The second-order valence-electron chi connectivity index (χ2n) is 6.38. The van der Waals surface area contributed by atoms with Crippen LogP contribution in [-0.4, -0.2) is 15.3 Å². The Hall–Kier alpha value is -2.07. The normalized spacial score (nSPS) is 12.1. The fraction of sp³-hybridized carbons (Fsp3) is 0.353. The molecule has 0 amide bonds. The van der Waals surface area contributed by atoms with Crippen LogP contribution in [0.1, 0.15) is 32.1 Å². The summed E-state index contributed by atoms with van der Waals surface area (Å²) in [6, 6.07) is 10.5. The van der Waals surface area contributed by atoms with Gasteiger partial charge in [-0.05, 0) is 38.5 Å². The van der Waals surface area contributed by atoms with Crippen molar-refractivity contribution in [2.45, 2.75) is 39.4 Å². The van der Waals surface area contributed by atoms with E-state index in [1.807, 2.05) is 6.07 Å². The monoisotopic (exact) mass is 283 g/mol. The molecule has 0 spiro atoms. The SMILES string of the molecule is CC(C)(C)NCc1cccc2c1ccn2Cc1ccno1. The van der Waals surface area contributed by atoms with Crippen molar-refractivity contribution in [2.75, 3.05) is 0 Å². The van der Waals surface area contributed by atoms with Gasteiger partial charge in [-0.15, -0.1) is 0 Å². The number of benzene rings is 1. The van der Waals surface area contributed by atoms with Crippen LogP contribution in [0.15, 0.2) is 47.2 Å². The molecule has 4 nitrogen and oxygen atoms in total. The van der Waals surface area contributed by atoms with Crippen molar-refractivity contribution in [1.29, 1.82) is 0 Å². The largest absolute Gasteiger partial charge is 0.359 e. The Morgan fingerprint density at radius 3 is 2.76 bits per heavy atom. The zero-order valence-electron chi connectivity index (χ0n) is 12.8. The first-order valence-corrected chi connectivity index (χ1v) is 7.24. The average molecular weight is 283 g/mol. The molecule has 0 saturated carbocycles. The minimum atomic E-state index is 0.116. The Morgan fingerprint density at radius 1 is 1.19 bits per heavy atom. The molecule has 3 aromatic rings. The molecule has 0 fully saturated rings. The van der Waals surface area contributed by atoms with E-state index in [9.17, 15) is 0 Å². The van der Waals surface area contributed by atoms with Crippen molar-refractivity contribution in [1.82, 2.24) is 15.0 Å². The average Bonchev–Trinajstić information content (AvgIpc) is 3.06. The van der Waals surface area contributed by atoms with E-state index >= 15 is 0 Å². The summed E-state index contributed by atoms with van der Waals surface area (Å²) < 4.78 is 7.39. The van der Waals surface area contributed by atoms with Crippen LogP contribution in [0.3, 0.4) is 0 Å². The molecule has 2 aromatic heterocycles. The van der Waals surface area contributed by atoms with E-state index in [0.29, 0.717) is 6.54 Å². The molecule has 0 aliphatic carbocycles. The summed E-state index contributed by atoms with van der Waals surface area (Å²) >= 11 is 0. The van der Waals surface area contributed by atoms with Crippen molar-refractivity contribution in [3.05, 3.63) is 54.0 Å². The smallest absolute Gasteiger partial charge is 0.156 e. The highest BCUT2D eigenvalue weighted by Crippen LogP contribution is 2.22. The Bertz CT molecular complexity index is 720. The van der Waals surface area contributed by atoms with Crippen molar-refractivity contribution in [3.63, 3.8) is 0 Å². The van der Waals surface area contributed by atoms with Gasteiger partial charge in [0.05, 0.1) is 12.7 Å². The van der Waals surface area contributed by atoms with E-state index in [4.69, 9.17) is 4.52 Å². The minimum Gasteiger partial charge on any atom is -0.359 e. The van der Waals surface area contributed by atoms with E-state index in [1.54, 1.807) is 6.20 Å². The number of nitrogens with zero attached hydrogens (tertiary/aromatic N) is 2. The van der Waals surface area contributed by atoms with Crippen LogP contribution in [0.4, 0.5) is 0 Å². The van der Waals surface area contributed by atoms with E-state index in [2.05, 4.69) is 66.3 Å². The summed E-state index contributed by atoms with van der Waals surface area (Å²) in [6.07, 6.45) is 3.79. The van der Waals surface area contributed by atoms with E-state index < -0.39 is 0 Å². The Morgan fingerprint density at radius 2 is 2.05 bits per heavy atom. The molecule has 0 bridgehead atoms. The molecule has 0 unspecified atom stereocenters. The number of hydrogen-bond donors (Lipinski definition) is 1. The molecule has 1 aromatic carbocycles. The van der Waals surface area contributed by atoms with Crippen LogP contribution in [-0.2, 0) is 13.1 Å². The van der Waals surface area contributed by atoms with Gasteiger partial charge in [0, 0.05) is 35.2 Å². The lowest BCUT2D eigenvalue weighted by Crippen LogP contribution is -2.35. The molecule has 0 aliphatic rings. The van der Waals surface area contributed by atoms with Gasteiger partial charge < -0.3 is 14.4 Å². The van der Waals surface area contributed by atoms with Gasteiger partial charge in [-0.1, -0.05) is 17.3 Å². The predicted molar refractivity (Wildman–Crippen MR) is 84.1 cm³/mol. The van der Waals surface area contributed by atoms with Crippen LogP contribution < -0.4 is 5.32 Å². The van der Waals surface area contributed by atoms with Gasteiger partial charge in [0.25, 0.3) is 0 Å². The molecule has 21 heavy (non-hydrogen) atoms. The Kier molecular flexibility index (Phi) is 3.55. The van der Waals surface area contributed by atoms with Crippen molar-refractivity contribution >= 4 is 10.9 Å². The third-order valence-electron chi connectivity index (χ3n) is 3.53. The first kappa shape index (κ1) is 13.9. The zero-order chi connectivity index (χ0) is 14.9. The van der Waals surface area contributed by atoms with Gasteiger partial charge in [0.1, 0.15) is 0 Å². The highest BCUT2D eigenvalue weighted by molar-refractivity contribution is 5.83. The number of fused-ring (bicyclic) bond motifs is 1. The summed E-state index contributed by atoms with van der Waals surface area (Å²) in [5.74, 6) is 0.866. The van der Waals surface area contributed by atoms with Crippen LogP contribution in [0.5, 0.6) is 0 Å². The van der Waals surface area contributed by atoms with Gasteiger partial charge in [-0.25, -0.2) is 0 Å². The second kappa shape index (κ2) is 5.37. The predicted octanol–water partition coefficient (Wildman–Crippen LogP) is 3.57. The maximum Gasteiger partial charge on any atom is 0.156 e. The van der Waals surface area contributed by atoms with Crippen LogP contribution in [0, 0.1) is 0 Å². The van der Waals surface area contributed by atoms with Gasteiger partial charge in [-0.3, -0.25) is 0 Å². The van der Waals surface area contributed by atoms with Crippen molar-refractivity contribution in [3.8, 4) is 0 Å². The van der Waals surface area contributed by atoms with E-state index in [0.717, 1.165) is 12.3 Å². The Labute approximate surface area is 124 Å². The number of nitrogens with one attached hydrogen (secondary N) is 1. The Balaban J connectivity index is 1.89. The molecule has 110 valence electrons. The second-order valence-corrected chi connectivity index (χ2v) is 6.38. The maximum atomic E-state index is 5.19. The summed E-state index contributed by atoms with van der Waals surface area (Å²) in [7, 11) is 0. The number of aromatic nitrogens is 2. The van der Waals surface area contributed by atoms with Crippen molar-refractivity contribution < 1.29 is 4.52 Å². The molecular formula is C17H21N3O. The minimum absolute atomic E-state index is 0.116. The lowest BCUT2D eigenvalue weighted by Gasteiger charge is -2.20. The fourth-order valence-corrected chi connectivity index (χ4v) is 2.43. The molecular weight excluding hydrogens is 262 g/mol. The van der Waals surface area contributed by atoms with E-state index in [1.165, 1.54) is 16.5 Å². The lowest BCUT2D eigenvalue weighted by molar-refractivity contribution is 0.378. The van der Waals surface area contributed by atoms with Gasteiger partial charge >= 0.3 is 0 Å². The summed E-state index contributed by atoms with van der Waals surface area (Å²) in [6.45, 7) is 8.12. The topological polar surface area (TPSA) is 43.0 Å². The first-order chi connectivity index (χ1) is 10.0. The molecule has 0 saturated heterocycles. The summed E-state index contributed by atoms with van der Waals surface area (Å²) in [5.41, 5.74) is 2.66. The van der Waals surface area contributed by atoms with Crippen LogP contribution in [0.2, 0.25) is 0 Å². The van der Waals surface area contributed by atoms with Gasteiger partial charge in [-0.2, -0.15) is 0 Å². The zero-order valence-corrected chi connectivity index (χ0v) is 12.8. The lowest BCUT2D eigenvalue weighted by atomic mass is 10.1. The van der Waals surface area contributed by atoms with Crippen molar-refractivity contribution in [2.24, 2.45) is 0 Å². The summed E-state index contributed by atoms with van der Waals surface area (Å²) in [5, 5.41) is 8.59. The molecule has 2 heterocycles. The fourth-order valence-electron chi connectivity index (χ4n) is 2.43. The highest BCUT2D eigenvalue weighted by atomic mass is 16.5. The number of rotatable bonds is 4. The molecule has 0 aliphatic heterocycles. The summed E-state index contributed by atoms with van der Waals surface area (Å²) in [4.78, 5) is 0. The molecule has 4 heteroatoms. The van der Waals surface area contributed by atoms with Gasteiger partial charge in [0.15, 0.2) is 5.76 Å². The molecule has 0 radical (unpaired) electrons. The molecule has 3 rings (SSSR count). The molecule has 1 N–H and O–H groups in total. The third-order valence-corrected chi connectivity index (χ3v) is 3.53. The standard InChI is InChI=1S/C17H21N3O/c1-17(2,3)18-11-13-5-4-6-16-15(13)8-10-20(16)12-14-7-9-19-21-14/h4-10,18H,11-12H2,1-3H3. The van der Waals surface area contributed by atoms with Crippen LogP contribution in [0.25, 0.3) is 10.9 Å². The quantitative estimate of drug-likeness (QED) is 0.796. The third kappa shape index (κ3) is 3.16. The first-order valence-electron chi connectivity index (χ1n) is 7.24. The number of hydrogen-bond acceptors (Lipinski definition) is 3. The molecule has 0 atom stereocenters. The van der Waals surface area contributed by atoms with E-state index in [-0.39, 0.29) is 5.54 Å². The van der Waals surface area contributed by atoms with Crippen LogP contribution >= 0.6 is 0 Å². The maximum absolute atomic E-state index is 5.19. The van der Waals surface area contributed by atoms with Gasteiger partial charge in [0.2, 0.25) is 0 Å².